The fraction of sp³-hybridized carbons (Fsp3) is 0.286. The average Bonchev–Trinajstić information content (AvgIpc) is 2.39. The number of rotatable bonds is 3. The highest BCUT2D eigenvalue weighted by atomic mass is 16.2. The molecule has 0 unspecified atom stereocenters. The Bertz CT molecular complexity index is 609. The van der Waals surface area contributed by atoms with Crippen molar-refractivity contribution < 1.29 is 4.79 Å². The molecule has 0 spiro atoms. The number of hydrogen-bond acceptors (Lipinski definition) is 4. The number of amides is 1. The molecule has 5 nitrogen and oxygen atoms in total. The molecular formula is C14H18N4O. The molecule has 0 aliphatic carbocycles. The Morgan fingerprint density at radius 2 is 1.95 bits per heavy atom. The van der Waals surface area contributed by atoms with Crippen LogP contribution >= 0.6 is 0 Å². The Balaban J connectivity index is 2.40. The molecule has 0 radical (unpaired) electrons. The zero-order chi connectivity index (χ0) is 14.0. The van der Waals surface area contributed by atoms with Crippen molar-refractivity contribution in [2.75, 3.05) is 38.3 Å². The lowest BCUT2D eigenvalue weighted by Crippen LogP contribution is -2.34. The van der Waals surface area contributed by atoms with E-state index in [1.54, 1.807) is 31.4 Å². The molecular weight excluding hydrogens is 240 g/mol. The van der Waals surface area contributed by atoms with Gasteiger partial charge in [0.25, 0.3) is 0 Å². The fourth-order valence-corrected chi connectivity index (χ4v) is 1.96. The first kappa shape index (κ1) is 13.1. The van der Waals surface area contributed by atoms with Crippen LogP contribution in [0.5, 0.6) is 0 Å². The second-order valence-electron chi connectivity index (χ2n) is 4.74. The third kappa shape index (κ3) is 2.59. The minimum absolute atomic E-state index is 0.0522. The maximum atomic E-state index is 11.8. The summed E-state index contributed by atoms with van der Waals surface area (Å²) in [5.41, 5.74) is 7.62. The van der Waals surface area contributed by atoms with E-state index in [1.165, 1.54) is 0 Å². The number of pyridine rings is 1. The summed E-state index contributed by atoms with van der Waals surface area (Å²) in [7, 11) is 5.39. The van der Waals surface area contributed by atoms with Gasteiger partial charge in [0.1, 0.15) is 0 Å². The van der Waals surface area contributed by atoms with Gasteiger partial charge in [0.2, 0.25) is 5.91 Å². The zero-order valence-electron chi connectivity index (χ0n) is 11.4. The van der Waals surface area contributed by atoms with Gasteiger partial charge >= 0.3 is 0 Å². The van der Waals surface area contributed by atoms with Crippen molar-refractivity contribution in [2.45, 2.75) is 0 Å². The summed E-state index contributed by atoms with van der Waals surface area (Å²) in [5, 5.41) is 1.91. The van der Waals surface area contributed by atoms with Crippen LogP contribution in [0.3, 0.4) is 0 Å². The predicted molar refractivity (Wildman–Crippen MR) is 78.1 cm³/mol. The maximum Gasteiger partial charge on any atom is 0.241 e. The molecule has 0 saturated heterocycles. The second kappa shape index (κ2) is 5.14. The van der Waals surface area contributed by atoms with Crippen molar-refractivity contribution in [1.82, 2.24) is 9.88 Å². The summed E-state index contributed by atoms with van der Waals surface area (Å²) in [4.78, 5) is 19.4. The summed E-state index contributed by atoms with van der Waals surface area (Å²) in [6.07, 6.45) is 3.49. The topological polar surface area (TPSA) is 62.5 Å². The van der Waals surface area contributed by atoms with E-state index in [0.717, 1.165) is 16.5 Å². The molecule has 0 saturated carbocycles. The van der Waals surface area contributed by atoms with Crippen LogP contribution in [0.1, 0.15) is 0 Å². The van der Waals surface area contributed by atoms with Crippen LogP contribution in [-0.4, -0.2) is 43.5 Å². The molecule has 0 bridgehead atoms. The first-order valence-corrected chi connectivity index (χ1v) is 6.04. The highest BCUT2D eigenvalue weighted by Gasteiger charge is 2.12. The second-order valence-corrected chi connectivity index (χ2v) is 4.74. The third-order valence-electron chi connectivity index (χ3n) is 3.11. The smallest absolute Gasteiger partial charge is 0.241 e. The van der Waals surface area contributed by atoms with Crippen LogP contribution in [0.15, 0.2) is 30.6 Å². The molecule has 1 aromatic carbocycles. The predicted octanol–water partition coefficient (Wildman–Crippen LogP) is 1.34. The van der Waals surface area contributed by atoms with E-state index < -0.39 is 0 Å². The molecule has 0 aliphatic rings. The molecule has 1 amide bonds. The number of nitrogens with zero attached hydrogens (tertiary/aromatic N) is 3. The van der Waals surface area contributed by atoms with Gasteiger partial charge in [-0.25, -0.2) is 0 Å². The van der Waals surface area contributed by atoms with Gasteiger partial charge in [-0.2, -0.15) is 0 Å². The molecule has 2 rings (SSSR count). The number of nitrogen functional groups attached to an aromatic ring is 1. The molecule has 19 heavy (non-hydrogen) atoms. The van der Waals surface area contributed by atoms with Crippen LogP contribution in [0.4, 0.5) is 11.4 Å². The highest BCUT2D eigenvalue weighted by molar-refractivity contribution is 6.01. The molecule has 1 aromatic heterocycles. The number of anilines is 2. The summed E-state index contributed by atoms with van der Waals surface area (Å²) < 4.78 is 0. The Hall–Kier alpha value is -2.30. The van der Waals surface area contributed by atoms with Gasteiger partial charge in [0.05, 0.1) is 6.54 Å². The van der Waals surface area contributed by atoms with Crippen LogP contribution in [0, 0.1) is 0 Å². The molecule has 0 fully saturated rings. The number of nitrogens with two attached hydrogens (primary N) is 1. The fourth-order valence-electron chi connectivity index (χ4n) is 1.96. The van der Waals surface area contributed by atoms with Crippen LogP contribution in [0.25, 0.3) is 10.8 Å². The lowest BCUT2D eigenvalue weighted by molar-refractivity contribution is -0.127. The van der Waals surface area contributed by atoms with Crippen LogP contribution in [0.2, 0.25) is 0 Å². The third-order valence-corrected chi connectivity index (χ3v) is 3.11. The van der Waals surface area contributed by atoms with E-state index >= 15 is 0 Å². The number of likely N-dealkylation sites (N-methyl/N-ethyl adjacent to an activating group) is 2. The number of fused-ring (bicyclic) bond motifs is 1. The van der Waals surface area contributed by atoms with Gasteiger partial charge in [-0.1, -0.05) is 0 Å². The van der Waals surface area contributed by atoms with Crippen molar-refractivity contribution in [3.05, 3.63) is 30.6 Å². The Labute approximate surface area is 112 Å². The highest BCUT2D eigenvalue weighted by Crippen LogP contribution is 2.29. The van der Waals surface area contributed by atoms with Gasteiger partial charge in [-0.3, -0.25) is 9.78 Å². The molecule has 2 N–H and O–H groups in total. The maximum absolute atomic E-state index is 11.8. The van der Waals surface area contributed by atoms with E-state index in [-0.39, 0.29) is 5.91 Å². The van der Waals surface area contributed by atoms with Gasteiger partial charge < -0.3 is 15.5 Å². The van der Waals surface area contributed by atoms with Crippen molar-refractivity contribution >= 4 is 28.1 Å². The van der Waals surface area contributed by atoms with Crippen molar-refractivity contribution in [1.29, 1.82) is 0 Å². The summed E-state index contributed by atoms with van der Waals surface area (Å²) in [6, 6.07) is 5.66. The Kier molecular flexibility index (Phi) is 3.55. The molecule has 0 aliphatic heterocycles. The minimum Gasteiger partial charge on any atom is -0.398 e. The first-order valence-electron chi connectivity index (χ1n) is 6.04. The molecule has 2 aromatic rings. The Morgan fingerprint density at radius 3 is 2.63 bits per heavy atom. The van der Waals surface area contributed by atoms with Crippen LogP contribution in [-0.2, 0) is 4.79 Å². The Morgan fingerprint density at radius 1 is 1.21 bits per heavy atom. The van der Waals surface area contributed by atoms with Crippen molar-refractivity contribution in [3.8, 4) is 0 Å². The zero-order valence-corrected chi connectivity index (χ0v) is 11.4. The monoisotopic (exact) mass is 258 g/mol. The number of hydrogen-bond donors (Lipinski definition) is 1. The molecule has 5 heteroatoms. The summed E-state index contributed by atoms with van der Waals surface area (Å²) in [6.45, 7) is 0.320. The molecule has 1 heterocycles. The first-order chi connectivity index (χ1) is 9.00. The normalized spacial score (nSPS) is 10.5. The number of carbonyl (C=O) groups is 1. The lowest BCUT2D eigenvalue weighted by atomic mass is 10.1. The van der Waals surface area contributed by atoms with E-state index in [1.807, 2.05) is 30.1 Å². The van der Waals surface area contributed by atoms with Gasteiger partial charge in [-0.05, 0) is 18.2 Å². The number of benzene rings is 1. The minimum atomic E-state index is 0.0522. The lowest BCUT2D eigenvalue weighted by Gasteiger charge is -2.22. The quantitative estimate of drug-likeness (QED) is 0.844. The van der Waals surface area contributed by atoms with E-state index in [2.05, 4.69) is 4.98 Å². The van der Waals surface area contributed by atoms with Gasteiger partial charge in [0.15, 0.2) is 0 Å². The van der Waals surface area contributed by atoms with E-state index in [4.69, 9.17) is 5.73 Å². The van der Waals surface area contributed by atoms with Crippen LogP contribution < -0.4 is 10.6 Å². The number of aromatic nitrogens is 1. The molecule has 100 valence electrons. The van der Waals surface area contributed by atoms with Crippen molar-refractivity contribution in [3.63, 3.8) is 0 Å². The SMILES string of the molecule is CN(C)C(=O)CN(C)c1ccc(N)c2ccncc12. The average molecular weight is 258 g/mol. The standard InChI is InChI=1S/C14H18N4O/c1-17(2)14(19)9-18(3)13-5-4-12(15)10-6-7-16-8-11(10)13/h4-8H,9,15H2,1-3H3. The molecule has 0 atom stereocenters. The van der Waals surface area contributed by atoms with E-state index in [9.17, 15) is 4.79 Å². The number of carbonyl (C=O) groups excluding carboxylic acids is 1. The van der Waals surface area contributed by atoms with Gasteiger partial charge in [-0.15, -0.1) is 0 Å². The largest absolute Gasteiger partial charge is 0.398 e. The summed E-state index contributed by atoms with van der Waals surface area (Å²) >= 11 is 0. The van der Waals surface area contributed by atoms with E-state index in [0.29, 0.717) is 12.2 Å². The van der Waals surface area contributed by atoms with Crippen molar-refractivity contribution in [2.24, 2.45) is 0 Å². The summed E-state index contributed by atoms with van der Waals surface area (Å²) in [5.74, 6) is 0.0522. The van der Waals surface area contributed by atoms with Gasteiger partial charge in [0, 0.05) is 55.7 Å².